The molecule has 0 radical (unpaired) electrons. The van der Waals surface area contributed by atoms with Gasteiger partial charge in [0, 0.05) is 17.7 Å². The van der Waals surface area contributed by atoms with Crippen LogP contribution in [0.5, 0.6) is 11.5 Å². The zero-order valence-electron chi connectivity index (χ0n) is 15.9. The van der Waals surface area contributed by atoms with Gasteiger partial charge in [0.25, 0.3) is 0 Å². The summed E-state index contributed by atoms with van der Waals surface area (Å²) >= 11 is 0. The molecular formula is C22H20N4O3. The van der Waals surface area contributed by atoms with Crippen LogP contribution in [0.1, 0.15) is 30.9 Å². The molecular weight excluding hydrogens is 368 g/mol. The number of methoxy groups -OCH3 is 1. The lowest BCUT2D eigenvalue weighted by Crippen LogP contribution is -2.31. The number of hydrogen-bond donors (Lipinski definition) is 2. The molecule has 0 fully saturated rings. The molecule has 1 atom stereocenters. The van der Waals surface area contributed by atoms with Crippen LogP contribution in [0, 0.1) is 0 Å². The van der Waals surface area contributed by atoms with E-state index in [0.29, 0.717) is 23.9 Å². The fourth-order valence-electron chi connectivity index (χ4n) is 4.06. The molecule has 5 rings (SSSR count). The van der Waals surface area contributed by atoms with Gasteiger partial charge >= 0.3 is 0 Å². The van der Waals surface area contributed by atoms with Gasteiger partial charge in [-0.25, -0.2) is 4.68 Å². The lowest BCUT2D eigenvalue weighted by atomic mass is 9.85. The zero-order valence-corrected chi connectivity index (χ0v) is 15.9. The van der Waals surface area contributed by atoms with E-state index in [1.54, 1.807) is 23.9 Å². The average Bonchev–Trinajstić information content (AvgIpc) is 3.16. The van der Waals surface area contributed by atoms with Crippen LogP contribution in [0.2, 0.25) is 0 Å². The number of phenolic OH excluding ortho intramolecular Hbond substituents is 1. The number of ether oxygens (including phenoxy) is 1. The van der Waals surface area contributed by atoms with Crippen LogP contribution in [0.15, 0.2) is 59.8 Å². The fraction of sp³-hybridized carbons (Fsp3) is 0.227. The van der Waals surface area contributed by atoms with Crippen LogP contribution < -0.4 is 10.1 Å². The lowest BCUT2D eigenvalue weighted by Gasteiger charge is -2.32. The number of rotatable bonds is 3. The van der Waals surface area contributed by atoms with Gasteiger partial charge in [-0.1, -0.05) is 24.3 Å². The standard InChI is InChI=1S/C22H20N4O3/c1-29-18-8-3-2-5-15(18)21-24-22-23-16-6-4-7-17(28)19(16)20(26(22)25-21)13-9-11-14(27)12-10-13/h2-3,5,8-12,20,27H,4,6-7H2,1H3,(H,23,24,25). The SMILES string of the molecule is COc1ccccc1-c1nc2n(n1)C(c1ccc(O)cc1)C1=C(CCCC1=O)N2. The first-order valence-corrected chi connectivity index (χ1v) is 9.58. The van der Waals surface area contributed by atoms with Gasteiger partial charge in [-0.2, -0.15) is 4.98 Å². The largest absolute Gasteiger partial charge is 0.508 e. The molecule has 29 heavy (non-hydrogen) atoms. The van der Waals surface area contributed by atoms with Crippen LogP contribution in [-0.2, 0) is 4.79 Å². The predicted molar refractivity (Wildman–Crippen MR) is 108 cm³/mol. The molecule has 2 aliphatic rings. The summed E-state index contributed by atoms with van der Waals surface area (Å²) in [7, 11) is 1.62. The molecule has 2 aromatic carbocycles. The van der Waals surface area contributed by atoms with Crippen molar-refractivity contribution in [2.45, 2.75) is 25.3 Å². The van der Waals surface area contributed by atoms with E-state index in [2.05, 4.69) is 5.32 Å². The molecule has 7 nitrogen and oxygen atoms in total. The molecule has 1 aromatic heterocycles. The molecule has 0 bridgehead atoms. The van der Waals surface area contributed by atoms with E-state index in [9.17, 15) is 9.90 Å². The van der Waals surface area contributed by atoms with Gasteiger partial charge in [0.2, 0.25) is 5.95 Å². The second kappa shape index (κ2) is 6.77. The van der Waals surface area contributed by atoms with Crippen LogP contribution >= 0.6 is 0 Å². The van der Waals surface area contributed by atoms with E-state index in [0.717, 1.165) is 35.2 Å². The molecule has 3 aromatic rings. The Morgan fingerprint density at radius 1 is 1.14 bits per heavy atom. The van der Waals surface area contributed by atoms with Crippen LogP contribution in [0.3, 0.4) is 0 Å². The number of phenols is 1. The molecule has 1 unspecified atom stereocenters. The highest BCUT2D eigenvalue weighted by Gasteiger charge is 2.37. The number of carbonyl (C=O) groups excluding carboxylic acids is 1. The van der Waals surface area contributed by atoms with Crippen molar-refractivity contribution in [2.75, 3.05) is 12.4 Å². The van der Waals surface area contributed by atoms with Gasteiger partial charge < -0.3 is 15.2 Å². The number of aromatic hydroxyl groups is 1. The minimum absolute atomic E-state index is 0.122. The fourth-order valence-corrected chi connectivity index (χ4v) is 4.06. The number of nitrogens with zero attached hydrogens (tertiary/aromatic N) is 3. The Kier molecular flexibility index (Phi) is 4.08. The maximum Gasteiger partial charge on any atom is 0.226 e. The summed E-state index contributed by atoms with van der Waals surface area (Å²) in [6, 6.07) is 14.1. The van der Waals surface area contributed by atoms with Crippen molar-refractivity contribution in [3.8, 4) is 22.9 Å². The molecule has 2 heterocycles. The Hall–Kier alpha value is -3.61. The van der Waals surface area contributed by atoms with Gasteiger partial charge in [0.15, 0.2) is 11.6 Å². The second-order valence-electron chi connectivity index (χ2n) is 7.19. The first kappa shape index (κ1) is 17.5. The third kappa shape index (κ3) is 2.86. The number of anilines is 1. The van der Waals surface area contributed by atoms with E-state index in [-0.39, 0.29) is 17.6 Å². The summed E-state index contributed by atoms with van der Waals surface area (Å²) in [5.41, 5.74) is 3.30. The number of allylic oxidation sites excluding steroid dienone is 2. The van der Waals surface area contributed by atoms with Crippen molar-refractivity contribution in [3.05, 3.63) is 65.4 Å². The van der Waals surface area contributed by atoms with Gasteiger partial charge in [-0.05, 0) is 42.7 Å². The second-order valence-corrected chi connectivity index (χ2v) is 7.19. The number of fused-ring (bicyclic) bond motifs is 1. The molecule has 0 amide bonds. The number of carbonyl (C=O) groups is 1. The molecule has 1 aliphatic carbocycles. The number of hydrogen-bond acceptors (Lipinski definition) is 6. The van der Waals surface area contributed by atoms with Gasteiger partial charge in [-0.15, -0.1) is 5.10 Å². The highest BCUT2D eigenvalue weighted by atomic mass is 16.5. The number of nitrogens with one attached hydrogen (secondary N) is 1. The van der Waals surface area contributed by atoms with Crippen molar-refractivity contribution >= 4 is 11.7 Å². The zero-order chi connectivity index (χ0) is 20.0. The van der Waals surface area contributed by atoms with Crippen LogP contribution in [-0.4, -0.2) is 32.8 Å². The van der Waals surface area contributed by atoms with Gasteiger partial charge in [0.05, 0.1) is 12.7 Å². The van der Waals surface area contributed by atoms with Gasteiger partial charge in [0.1, 0.15) is 17.5 Å². The minimum Gasteiger partial charge on any atom is -0.508 e. The summed E-state index contributed by atoms with van der Waals surface area (Å²) in [4.78, 5) is 17.5. The predicted octanol–water partition coefficient (Wildman–Crippen LogP) is 3.68. The summed E-state index contributed by atoms with van der Waals surface area (Å²) in [6.07, 6.45) is 2.14. The van der Waals surface area contributed by atoms with E-state index in [4.69, 9.17) is 14.8 Å². The first-order chi connectivity index (χ1) is 14.2. The number of Topliss-reactive ketones (excluding diaryl/α,β-unsaturated/α-hetero) is 1. The van der Waals surface area contributed by atoms with E-state index < -0.39 is 0 Å². The van der Waals surface area contributed by atoms with E-state index in [1.807, 2.05) is 36.4 Å². The first-order valence-electron chi connectivity index (χ1n) is 9.58. The topological polar surface area (TPSA) is 89.3 Å². The van der Waals surface area contributed by atoms with Crippen molar-refractivity contribution in [2.24, 2.45) is 0 Å². The Morgan fingerprint density at radius 2 is 1.93 bits per heavy atom. The van der Waals surface area contributed by atoms with Crippen LogP contribution in [0.25, 0.3) is 11.4 Å². The molecule has 0 saturated heterocycles. The molecule has 2 N–H and O–H groups in total. The number of para-hydroxylation sites is 1. The summed E-state index contributed by atoms with van der Waals surface area (Å²) in [5, 5.41) is 17.8. The molecule has 146 valence electrons. The summed E-state index contributed by atoms with van der Waals surface area (Å²) in [6.45, 7) is 0. The van der Waals surface area contributed by atoms with E-state index in [1.165, 1.54) is 0 Å². The number of benzene rings is 2. The molecule has 1 aliphatic heterocycles. The summed E-state index contributed by atoms with van der Waals surface area (Å²) in [5.74, 6) is 2.11. The van der Waals surface area contributed by atoms with Crippen molar-refractivity contribution in [3.63, 3.8) is 0 Å². The number of ketones is 1. The third-order valence-electron chi connectivity index (χ3n) is 5.42. The lowest BCUT2D eigenvalue weighted by molar-refractivity contribution is -0.116. The smallest absolute Gasteiger partial charge is 0.226 e. The maximum atomic E-state index is 12.8. The quantitative estimate of drug-likeness (QED) is 0.711. The summed E-state index contributed by atoms with van der Waals surface area (Å²) < 4.78 is 7.23. The number of aromatic nitrogens is 3. The maximum absolute atomic E-state index is 12.8. The highest BCUT2D eigenvalue weighted by molar-refractivity contribution is 5.99. The molecule has 0 saturated carbocycles. The monoisotopic (exact) mass is 388 g/mol. The molecule has 7 heteroatoms. The van der Waals surface area contributed by atoms with Gasteiger partial charge in [-0.3, -0.25) is 4.79 Å². The highest BCUT2D eigenvalue weighted by Crippen LogP contribution is 2.41. The minimum atomic E-state index is -0.384. The van der Waals surface area contributed by atoms with E-state index >= 15 is 0 Å². The van der Waals surface area contributed by atoms with Crippen molar-refractivity contribution < 1.29 is 14.6 Å². The van der Waals surface area contributed by atoms with Crippen LogP contribution in [0.4, 0.5) is 5.95 Å². The van der Waals surface area contributed by atoms with Crippen molar-refractivity contribution in [1.29, 1.82) is 0 Å². The van der Waals surface area contributed by atoms with Crippen molar-refractivity contribution in [1.82, 2.24) is 14.8 Å². The molecule has 0 spiro atoms. The Labute approximate surface area is 167 Å². The third-order valence-corrected chi connectivity index (χ3v) is 5.42. The Bertz CT molecular complexity index is 1130. The Balaban J connectivity index is 1.68. The Morgan fingerprint density at radius 3 is 2.72 bits per heavy atom. The average molecular weight is 388 g/mol. The normalized spacial score (nSPS) is 18.1.